The van der Waals surface area contributed by atoms with Gasteiger partial charge in [0, 0.05) is 11.6 Å². The maximum atomic E-state index is 13.5. The molecule has 120 valence electrons. The summed E-state index contributed by atoms with van der Waals surface area (Å²) in [7, 11) is 0. The molecular weight excluding hydrogens is 307 g/mol. The number of amides is 1. The van der Waals surface area contributed by atoms with Gasteiger partial charge in [-0.2, -0.15) is 0 Å². The predicted molar refractivity (Wildman–Crippen MR) is 81.6 cm³/mol. The highest BCUT2D eigenvalue weighted by atomic mass is 19.2. The Morgan fingerprint density at radius 1 is 1.13 bits per heavy atom. The molecular formula is C17H14F3NO2. The van der Waals surface area contributed by atoms with Crippen molar-refractivity contribution in [1.29, 1.82) is 0 Å². The lowest BCUT2D eigenvalue weighted by atomic mass is 10.2. The van der Waals surface area contributed by atoms with Crippen molar-refractivity contribution in [2.75, 3.05) is 11.9 Å². The molecule has 0 heterocycles. The van der Waals surface area contributed by atoms with Crippen LogP contribution in [-0.4, -0.2) is 12.5 Å². The lowest BCUT2D eigenvalue weighted by Crippen LogP contribution is -2.10. The van der Waals surface area contributed by atoms with Crippen molar-refractivity contribution in [3.63, 3.8) is 0 Å². The van der Waals surface area contributed by atoms with Crippen LogP contribution in [0.25, 0.3) is 6.08 Å². The molecule has 0 saturated heterocycles. The van der Waals surface area contributed by atoms with Crippen molar-refractivity contribution in [3.8, 4) is 5.75 Å². The van der Waals surface area contributed by atoms with Crippen molar-refractivity contribution in [2.24, 2.45) is 0 Å². The van der Waals surface area contributed by atoms with Gasteiger partial charge in [-0.05, 0) is 31.2 Å². The molecule has 1 amide bonds. The van der Waals surface area contributed by atoms with Gasteiger partial charge in [-0.15, -0.1) is 0 Å². The predicted octanol–water partition coefficient (Wildman–Crippen LogP) is 4.15. The van der Waals surface area contributed by atoms with Crippen LogP contribution in [0, 0.1) is 17.5 Å². The number of anilines is 1. The number of benzene rings is 2. The number of carbonyl (C=O) groups excluding carboxylic acids is 1. The number of nitrogens with one attached hydrogen (secondary N) is 1. The van der Waals surface area contributed by atoms with E-state index in [4.69, 9.17) is 4.74 Å². The Balaban J connectivity index is 2.13. The van der Waals surface area contributed by atoms with E-state index in [2.05, 4.69) is 5.32 Å². The lowest BCUT2D eigenvalue weighted by molar-refractivity contribution is -0.111. The minimum absolute atomic E-state index is 0.434. The molecule has 3 nitrogen and oxygen atoms in total. The summed E-state index contributed by atoms with van der Waals surface area (Å²) in [6, 6.07) is 8.74. The highest BCUT2D eigenvalue weighted by Crippen LogP contribution is 2.21. The quantitative estimate of drug-likeness (QED) is 0.663. The molecule has 0 bridgehead atoms. The van der Waals surface area contributed by atoms with Gasteiger partial charge >= 0.3 is 0 Å². The molecule has 0 unspecified atom stereocenters. The van der Waals surface area contributed by atoms with E-state index in [1.165, 1.54) is 6.08 Å². The number of para-hydroxylation sites is 1. The summed E-state index contributed by atoms with van der Waals surface area (Å²) in [6.07, 6.45) is 2.64. The highest BCUT2D eigenvalue weighted by Gasteiger charge is 2.14. The first-order valence-electron chi connectivity index (χ1n) is 6.87. The standard InChI is InChI=1S/C17H14F3NO2/c1-2-23-14-6-4-3-5-11(14)7-10-15(22)21-13-9-8-12(18)16(19)17(13)20/h3-10H,2H2,1H3,(H,21,22)/b10-7+. The number of hydrogen-bond donors (Lipinski definition) is 1. The van der Waals surface area contributed by atoms with Crippen LogP contribution >= 0.6 is 0 Å². The third-order valence-corrected chi connectivity index (χ3v) is 2.93. The number of halogens is 3. The first-order valence-corrected chi connectivity index (χ1v) is 6.87. The molecule has 6 heteroatoms. The molecule has 23 heavy (non-hydrogen) atoms. The van der Waals surface area contributed by atoms with Gasteiger partial charge in [0.15, 0.2) is 17.5 Å². The maximum Gasteiger partial charge on any atom is 0.248 e. The molecule has 2 aromatic rings. The zero-order valence-corrected chi connectivity index (χ0v) is 12.3. The van der Waals surface area contributed by atoms with Crippen LogP contribution < -0.4 is 10.1 Å². The monoisotopic (exact) mass is 321 g/mol. The van der Waals surface area contributed by atoms with Crippen LogP contribution in [-0.2, 0) is 4.79 Å². The Morgan fingerprint density at radius 3 is 2.61 bits per heavy atom. The summed E-state index contributed by atoms with van der Waals surface area (Å²) in [6.45, 7) is 2.30. The van der Waals surface area contributed by atoms with Crippen LogP contribution in [0.3, 0.4) is 0 Å². The number of hydrogen-bond acceptors (Lipinski definition) is 2. The summed E-state index contributed by atoms with van der Waals surface area (Å²) in [5.74, 6) is -4.48. The summed E-state index contributed by atoms with van der Waals surface area (Å²) >= 11 is 0. The van der Waals surface area contributed by atoms with Gasteiger partial charge in [-0.1, -0.05) is 18.2 Å². The minimum atomic E-state index is -1.63. The van der Waals surface area contributed by atoms with E-state index in [-0.39, 0.29) is 0 Å². The van der Waals surface area contributed by atoms with Gasteiger partial charge in [0.25, 0.3) is 0 Å². The smallest absolute Gasteiger partial charge is 0.248 e. The Kier molecular flexibility index (Phi) is 5.41. The van der Waals surface area contributed by atoms with Crippen LogP contribution in [0.2, 0.25) is 0 Å². The normalized spacial score (nSPS) is 10.8. The first kappa shape index (κ1) is 16.6. The molecule has 0 spiro atoms. The SMILES string of the molecule is CCOc1ccccc1/C=C/C(=O)Nc1ccc(F)c(F)c1F. The third kappa shape index (κ3) is 4.12. The molecule has 0 atom stereocenters. The molecule has 0 aromatic heterocycles. The fourth-order valence-corrected chi connectivity index (χ4v) is 1.87. The zero-order chi connectivity index (χ0) is 16.8. The van der Waals surface area contributed by atoms with Crippen molar-refractivity contribution in [1.82, 2.24) is 0 Å². The summed E-state index contributed by atoms with van der Waals surface area (Å²) in [5, 5.41) is 2.15. The van der Waals surface area contributed by atoms with Gasteiger partial charge in [-0.3, -0.25) is 4.79 Å². The topological polar surface area (TPSA) is 38.3 Å². The fourth-order valence-electron chi connectivity index (χ4n) is 1.87. The molecule has 0 aliphatic carbocycles. The van der Waals surface area contributed by atoms with Gasteiger partial charge in [0.1, 0.15) is 5.75 Å². The number of carbonyl (C=O) groups is 1. The van der Waals surface area contributed by atoms with Gasteiger partial charge in [0.05, 0.1) is 12.3 Å². The van der Waals surface area contributed by atoms with Crippen molar-refractivity contribution in [2.45, 2.75) is 6.92 Å². The molecule has 0 saturated carbocycles. The second-order valence-electron chi connectivity index (χ2n) is 4.52. The second kappa shape index (κ2) is 7.49. The van der Waals surface area contributed by atoms with E-state index in [1.54, 1.807) is 24.3 Å². The second-order valence-corrected chi connectivity index (χ2v) is 4.52. The van der Waals surface area contributed by atoms with Crippen LogP contribution in [0.15, 0.2) is 42.5 Å². The number of rotatable bonds is 5. The largest absolute Gasteiger partial charge is 0.493 e. The van der Waals surface area contributed by atoms with Crippen molar-refractivity contribution >= 4 is 17.7 Å². The fraction of sp³-hybridized carbons (Fsp3) is 0.118. The average molecular weight is 321 g/mol. The van der Waals surface area contributed by atoms with Gasteiger partial charge < -0.3 is 10.1 Å². The summed E-state index contributed by atoms with van der Waals surface area (Å²) < 4.78 is 44.8. The molecule has 2 rings (SSSR count). The van der Waals surface area contributed by atoms with Gasteiger partial charge in [0.2, 0.25) is 5.91 Å². The molecule has 2 aromatic carbocycles. The average Bonchev–Trinajstić information content (AvgIpc) is 2.55. The van der Waals surface area contributed by atoms with E-state index in [1.807, 2.05) is 6.92 Å². The Labute approximate surface area is 131 Å². The third-order valence-electron chi connectivity index (χ3n) is 2.93. The maximum absolute atomic E-state index is 13.5. The number of ether oxygens (including phenoxy) is 1. The Hall–Kier alpha value is -2.76. The van der Waals surface area contributed by atoms with E-state index < -0.39 is 29.0 Å². The lowest BCUT2D eigenvalue weighted by Gasteiger charge is -2.07. The summed E-state index contributed by atoms with van der Waals surface area (Å²) in [4.78, 5) is 11.8. The van der Waals surface area contributed by atoms with E-state index in [0.29, 0.717) is 17.9 Å². The van der Waals surface area contributed by atoms with Crippen molar-refractivity contribution < 1.29 is 22.7 Å². The Morgan fingerprint density at radius 2 is 1.87 bits per heavy atom. The van der Waals surface area contributed by atoms with Gasteiger partial charge in [-0.25, -0.2) is 13.2 Å². The van der Waals surface area contributed by atoms with Crippen LogP contribution in [0.5, 0.6) is 5.75 Å². The minimum Gasteiger partial charge on any atom is -0.493 e. The molecule has 1 N–H and O–H groups in total. The zero-order valence-electron chi connectivity index (χ0n) is 12.3. The highest BCUT2D eigenvalue weighted by molar-refractivity contribution is 6.02. The summed E-state index contributed by atoms with van der Waals surface area (Å²) in [5.41, 5.74) is 0.229. The van der Waals surface area contributed by atoms with E-state index in [9.17, 15) is 18.0 Å². The van der Waals surface area contributed by atoms with Crippen LogP contribution in [0.1, 0.15) is 12.5 Å². The first-order chi connectivity index (χ1) is 11.0. The molecule has 0 aliphatic rings. The Bertz CT molecular complexity index is 745. The van der Waals surface area contributed by atoms with E-state index >= 15 is 0 Å². The van der Waals surface area contributed by atoms with E-state index in [0.717, 1.165) is 18.2 Å². The molecule has 0 fully saturated rings. The van der Waals surface area contributed by atoms with Crippen LogP contribution in [0.4, 0.5) is 18.9 Å². The van der Waals surface area contributed by atoms with Crippen molar-refractivity contribution in [3.05, 3.63) is 65.5 Å². The molecule has 0 aliphatic heterocycles. The molecule has 0 radical (unpaired) electrons.